The van der Waals surface area contributed by atoms with Gasteiger partial charge in [-0.3, -0.25) is 0 Å². The van der Waals surface area contributed by atoms with Gasteiger partial charge in [0.15, 0.2) is 0 Å². The number of carboxylic acid groups (broad SMARTS) is 1. The van der Waals surface area contributed by atoms with Crippen LogP contribution in [0.2, 0.25) is 0 Å². The third-order valence-corrected chi connectivity index (χ3v) is 4.25. The fourth-order valence-corrected chi connectivity index (χ4v) is 2.87. The normalized spacial score (nSPS) is 10.7. The number of benzene rings is 2. The molecule has 0 bridgehead atoms. The summed E-state index contributed by atoms with van der Waals surface area (Å²) in [6.07, 6.45) is 4.20. The molecule has 4 heteroatoms. The number of carboxylic acids is 1. The van der Waals surface area contributed by atoms with Gasteiger partial charge in [0, 0.05) is 0 Å². The predicted molar refractivity (Wildman–Crippen MR) is 102 cm³/mol. The van der Waals surface area contributed by atoms with Gasteiger partial charge >= 0.3 is 11.9 Å². The van der Waals surface area contributed by atoms with Crippen LogP contribution in [-0.4, -0.2) is 23.7 Å². The maximum atomic E-state index is 12.5. The van der Waals surface area contributed by atoms with Crippen molar-refractivity contribution in [1.82, 2.24) is 0 Å². The summed E-state index contributed by atoms with van der Waals surface area (Å²) in [6, 6.07) is 13.7. The summed E-state index contributed by atoms with van der Waals surface area (Å²) in [7, 11) is 0. The monoisotopic (exact) mass is 354 g/mol. The van der Waals surface area contributed by atoms with Crippen LogP contribution >= 0.6 is 0 Å². The molecular weight excluding hydrogens is 328 g/mol. The molecule has 0 spiro atoms. The van der Waals surface area contributed by atoms with Gasteiger partial charge in [-0.2, -0.15) is 0 Å². The number of carbonyl (C=O) groups excluding carboxylic acids is 1. The van der Waals surface area contributed by atoms with E-state index in [1.807, 2.05) is 0 Å². The van der Waals surface area contributed by atoms with Crippen LogP contribution in [0, 0.1) is 5.92 Å². The van der Waals surface area contributed by atoms with Crippen molar-refractivity contribution >= 4 is 11.9 Å². The second-order valence-electron chi connectivity index (χ2n) is 6.78. The first-order chi connectivity index (χ1) is 12.5. The zero-order valence-electron chi connectivity index (χ0n) is 15.4. The third kappa shape index (κ3) is 5.45. The van der Waals surface area contributed by atoms with E-state index in [4.69, 9.17) is 4.74 Å². The molecule has 0 aromatic heterocycles. The molecule has 1 N–H and O–H groups in total. The van der Waals surface area contributed by atoms with Crippen LogP contribution in [0.15, 0.2) is 48.5 Å². The largest absolute Gasteiger partial charge is 0.478 e. The smallest absolute Gasteiger partial charge is 0.338 e. The Morgan fingerprint density at radius 3 is 2.08 bits per heavy atom. The molecule has 0 amide bonds. The zero-order chi connectivity index (χ0) is 18.9. The molecular formula is C22H26O4. The summed E-state index contributed by atoms with van der Waals surface area (Å²) in [5.41, 5.74) is 1.66. The van der Waals surface area contributed by atoms with Crippen LogP contribution in [0.4, 0.5) is 0 Å². The van der Waals surface area contributed by atoms with Crippen LogP contribution in [-0.2, 0) is 4.74 Å². The Kier molecular flexibility index (Phi) is 7.39. The number of hydrogen-bond acceptors (Lipinski definition) is 3. The molecule has 0 aliphatic rings. The predicted octanol–water partition coefficient (Wildman–Crippen LogP) is 5.43. The highest BCUT2D eigenvalue weighted by molar-refractivity contribution is 6.02. The molecule has 0 unspecified atom stereocenters. The van der Waals surface area contributed by atoms with E-state index in [0.717, 1.165) is 19.3 Å². The molecule has 2 aromatic rings. The SMILES string of the molecule is CC(C)CCCCCOC(=O)c1ccccc1-c1ccccc1C(=O)O. The van der Waals surface area contributed by atoms with Crippen molar-refractivity contribution in [2.75, 3.05) is 6.61 Å². The van der Waals surface area contributed by atoms with E-state index in [0.29, 0.717) is 29.2 Å². The Morgan fingerprint density at radius 2 is 1.46 bits per heavy atom. The molecule has 0 fully saturated rings. The number of rotatable bonds is 9. The van der Waals surface area contributed by atoms with Gasteiger partial charge < -0.3 is 9.84 Å². The highest BCUT2D eigenvalue weighted by Gasteiger charge is 2.18. The Bertz CT molecular complexity index is 749. The molecule has 0 atom stereocenters. The number of aromatic carboxylic acids is 1. The lowest BCUT2D eigenvalue weighted by Gasteiger charge is -2.12. The number of carbonyl (C=O) groups is 2. The first-order valence-electron chi connectivity index (χ1n) is 9.09. The first kappa shape index (κ1) is 19.7. The lowest BCUT2D eigenvalue weighted by molar-refractivity contribution is 0.0497. The molecule has 0 aliphatic carbocycles. The van der Waals surface area contributed by atoms with E-state index in [1.165, 1.54) is 12.5 Å². The Morgan fingerprint density at radius 1 is 0.885 bits per heavy atom. The highest BCUT2D eigenvalue weighted by atomic mass is 16.5. The van der Waals surface area contributed by atoms with Crippen LogP contribution in [0.5, 0.6) is 0 Å². The van der Waals surface area contributed by atoms with E-state index in [9.17, 15) is 14.7 Å². The van der Waals surface area contributed by atoms with Crippen LogP contribution in [0.25, 0.3) is 11.1 Å². The summed E-state index contributed by atoms with van der Waals surface area (Å²) in [5.74, 6) is -0.739. The molecule has 26 heavy (non-hydrogen) atoms. The van der Waals surface area contributed by atoms with Gasteiger partial charge in [0.1, 0.15) is 0 Å². The second-order valence-corrected chi connectivity index (χ2v) is 6.78. The number of unbranched alkanes of at least 4 members (excludes halogenated alkanes) is 2. The van der Waals surface area contributed by atoms with Crippen molar-refractivity contribution in [1.29, 1.82) is 0 Å². The molecule has 0 saturated heterocycles. The molecule has 2 aromatic carbocycles. The van der Waals surface area contributed by atoms with E-state index in [2.05, 4.69) is 13.8 Å². The average molecular weight is 354 g/mol. The molecule has 2 rings (SSSR count). The highest BCUT2D eigenvalue weighted by Crippen LogP contribution is 2.28. The van der Waals surface area contributed by atoms with Crippen LogP contribution < -0.4 is 0 Å². The fraction of sp³-hybridized carbons (Fsp3) is 0.364. The number of hydrogen-bond donors (Lipinski definition) is 1. The van der Waals surface area contributed by atoms with E-state index in [-0.39, 0.29) is 5.56 Å². The topological polar surface area (TPSA) is 63.6 Å². The van der Waals surface area contributed by atoms with Gasteiger partial charge in [0.25, 0.3) is 0 Å². The van der Waals surface area contributed by atoms with Gasteiger partial charge in [-0.1, -0.05) is 69.5 Å². The number of ether oxygens (including phenoxy) is 1. The minimum Gasteiger partial charge on any atom is -0.478 e. The van der Waals surface area contributed by atoms with Gasteiger partial charge in [-0.15, -0.1) is 0 Å². The van der Waals surface area contributed by atoms with Gasteiger partial charge in [0.2, 0.25) is 0 Å². The van der Waals surface area contributed by atoms with Crippen molar-refractivity contribution in [2.45, 2.75) is 39.5 Å². The molecule has 0 heterocycles. The summed E-state index contributed by atoms with van der Waals surface area (Å²) in [6.45, 7) is 4.78. The maximum absolute atomic E-state index is 12.5. The van der Waals surface area contributed by atoms with E-state index in [1.54, 1.807) is 42.5 Å². The Balaban J connectivity index is 2.07. The van der Waals surface area contributed by atoms with Crippen molar-refractivity contribution < 1.29 is 19.4 Å². The molecule has 0 saturated carbocycles. The third-order valence-electron chi connectivity index (χ3n) is 4.25. The van der Waals surface area contributed by atoms with Crippen molar-refractivity contribution in [3.05, 3.63) is 59.7 Å². The molecule has 0 aliphatic heterocycles. The summed E-state index contributed by atoms with van der Waals surface area (Å²) in [4.78, 5) is 24.0. The van der Waals surface area contributed by atoms with Gasteiger partial charge in [0.05, 0.1) is 17.7 Å². The Hall–Kier alpha value is -2.62. The Labute approximate surface area is 154 Å². The first-order valence-corrected chi connectivity index (χ1v) is 9.09. The fourth-order valence-electron chi connectivity index (χ4n) is 2.87. The minimum absolute atomic E-state index is 0.168. The van der Waals surface area contributed by atoms with Crippen molar-refractivity contribution in [2.24, 2.45) is 5.92 Å². The molecule has 0 radical (unpaired) electrons. The average Bonchev–Trinajstić information content (AvgIpc) is 2.64. The molecule has 138 valence electrons. The van der Waals surface area contributed by atoms with Crippen LogP contribution in [0.3, 0.4) is 0 Å². The van der Waals surface area contributed by atoms with Crippen LogP contribution in [0.1, 0.15) is 60.2 Å². The lowest BCUT2D eigenvalue weighted by atomic mass is 9.95. The molecule has 4 nitrogen and oxygen atoms in total. The zero-order valence-corrected chi connectivity index (χ0v) is 15.4. The van der Waals surface area contributed by atoms with Crippen molar-refractivity contribution in [3.63, 3.8) is 0 Å². The van der Waals surface area contributed by atoms with E-state index < -0.39 is 11.9 Å². The minimum atomic E-state index is -1.02. The lowest BCUT2D eigenvalue weighted by Crippen LogP contribution is -2.09. The second kappa shape index (κ2) is 9.76. The van der Waals surface area contributed by atoms with E-state index >= 15 is 0 Å². The summed E-state index contributed by atoms with van der Waals surface area (Å²) in [5, 5.41) is 9.40. The summed E-state index contributed by atoms with van der Waals surface area (Å²) >= 11 is 0. The standard InChI is InChI=1S/C22H26O4/c1-16(2)10-4-3-9-15-26-22(25)20-14-8-6-12-18(20)17-11-5-7-13-19(17)21(23)24/h5-8,11-14,16H,3-4,9-10,15H2,1-2H3,(H,23,24). The van der Waals surface area contributed by atoms with Gasteiger partial charge in [-0.05, 0) is 35.6 Å². The maximum Gasteiger partial charge on any atom is 0.338 e. The quantitative estimate of drug-likeness (QED) is 0.482. The summed E-state index contributed by atoms with van der Waals surface area (Å²) < 4.78 is 5.41. The number of esters is 1. The van der Waals surface area contributed by atoms with Crippen molar-refractivity contribution in [3.8, 4) is 11.1 Å². The van der Waals surface area contributed by atoms with Gasteiger partial charge in [-0.25, -0.2) is 9.59 Å².